The first-order valence-corrected chi connectivity index (χ1v) is 11.9. The number of phenols is 1. The van der Waals surface area contributed by atoms with Gasteiger partial charge in [0.1, 0.15) is 5.75 Å². The number of rotatable bonds is 6. The average molecular weight is 396 g/mol. The number of hydrogen-bond acceptors (Lipinski definition) is 3. The summed E-state index contributed by atoms with van der Waals surface area (Å²) in [7, 11) is 0. The molecule has 1 aromatic carbocycles. The molecule has 0 amide bonds. The summed E-state index contributed by atoms with van der Waals surface area (Å²) >= 11 is 0. The van der Waals surface area contributed by atoms with Gasteiger partial charge in [0.25, 0.3) is 0 Å². The standard InChI is InChI=1S/C26H37NO2/c1-17-15-18-16-21(28)6-7-22(18)23-9-11-26(2)19(3-8-24(26)25(17)23)10-13-29-14-12-27-20-4-5-20/h6-7,10,16-17,20,23-25,27-28H,3-5,8-9,11-15H2,1-2H3/t17-,23-,24+,25-,26-/m1/s1. The van der Waals surface area contributed by atoms with Crippen LogP contribution in [0.2, 0.25) is 0 Å². The second kappa shape index (κ2) is 7.74. The predicted octanol–water partition coefficient (Wildman–Crippen LogP) is 5.19. The number of phenolic OH excluding ortho intramolecular Hbond substituents is 1. The van der Waals surface area contributed by atoms with E-state index in [-0.39, 0.29) is 0 Å². The summed E-state index contributed by atoms with van der Waals surface area (Å²) < 4.78 is 5.92. The van der Waals surface area contributed by atoms with E-state index in [0.717, 1.165) is 44.1 Å². The average Bonchev–Trinajstić information content (AvgIpc) is 3.46. The van der Waals surface area contributed by atoms with E-state index >= 15 is 0 Å². The molecule has 5 rings (SSSR count). The molecule has 3 fully saturated rings. The van der Waals surface area contributed by atoms with Crippen LogP contribution in [-0.2, 0) is 11.2 Å². The minimum atomic E-state index is 0.361. The predicted molar refractivity (Wildman–Crippen MR) is 117 cm³/mol. The van der Waals surface area contributed by atoms with Crippen molar-refractivity contribution in [3.05, 3.63) is 41.0 Å². The summed E-state index contributed by atoms with van der Waals surface area (Å²) in [5, 5.41) is 13.5. The zero-order valence-corrected chi connectivity index (χ0v) is 18.1. The molecule has 1 aromatic rings. The molecular formula is C26H37NO2. The van der Waals surface area contributed by atoms with Gasteiger partial charge in [-0.2, -0.15) is 0 Å². The van der Waals surface area contributed by atoms with Crippen LogP contribution in [0.25, 0.3) is 0 Å². The Morgan fingerprint density at radius 2 is 2.10 bits per heavy atom. The van der Waals surface area contributed by atoms with Crippen molar-refractivity contribution >= 4 is 0 Å². The molecule has 0 saturated heterocycles. The second-order valence-electron chi connectivity index (χ2n) is 10.4. The Morgan fingerprint density at radius 1 is 1.24 bits per heavy atom. The highest BCUT2D eigenvalue weighted by atomic mass is 16.5. The molecule has 4 aliphatic rings. The van der Waals surface area contributed by atoms with Crippen LogP contribution in [0, 0.1) is 23.2 Å². The monoisotopic (exact) mass is 395 g/mol. The van der Waals surface area contributed by atoms with Crippen LogP contribution in [0.1, 0.15) is 69.4 Å². The van der Waals surface area contributed by atoms with E-state index in [1.54, 1.807) is 5.57 Å². The number of nitrogens with one attached hydrogen (secondary N) is 1. The minimum absolute atomic E-state index is 0.361. The van der Waals surface area contributed by atoms with E-state index in [9.17, 15) is 5.11 Å². The highest BCUT2D eigenvalue weighted by Gasteiger charge is 2.54. The fourth-order valence-corrected chi connectivity index (χ4v) is 7.01. The lowest BCUT2D eigenvalue weighted by molar-refractivity contribution is 0.0484. The quantitative estimate of drug-likeness (QED) is 0.514. The van der Waals surface area contributed by atoms with Gasteiger partial charge in [-0.05, 0) is 97.3 Å². The van der Waals surface area contributed by atoms with E-state index in [0.29, 0.717) is 23.0 Å². The molecule has 0 aliphatic heterocycles. The normalized spacial score (nSPS) is 37.2. The Morgan fingerprint density at radius 3 is 2.93 bits per heavy atom. The van der Waals surface area contributed by atoms with Gasteiger partial charge in [0.2, 0.25) is 0 Å². The summed E-state index contributed by atoms with van der Waals surface area (Å²) in [6.07, 6.45) is 11.4. The highest BCUT2D eigenvalue weighted by Crippen LogP contribution is 2.63. The highest BCUT2D eigenvalue weighted by molar-refractivity contribution is 5.41. The molecule has 2 N–H and O–H groups in total. The van der Waals surface area contributed by atoms with Crippen molar-refractivity contribution in [1.82, 2.24) is 5.32 Å². The van der Waals surface area contributed by atoms with E-state index in [4.69, 9.17) is 4.74 Å². The number of ether oxygens (including phenoxy) is 1. The summed E-state index contributed by atoms with van der Waals surface area (Å²) in [6, 6.07) is 6.90. The van der Waals surface area contributed by atoms with Crippen LogP contribution >= 0.6 is 0 Å². The maximum atomic E-state index is 9.94. The first kappa shape index (κ1) is 19.6. The molecule has 4 aliphatic carbocycles. The van der Waals surface area contributed by atoms with Crippen molar-refractivity contribution in [2.45, 2.75) is 70.8 Å². The molecule has 158 valence electrons. The van der Waals surface area contributed by atoms with Crippen LogP contribution in [0.3, 0.4) is 0 Å². The molecule has 3 saturated carbocycles. The molecule has 3 heteroatoms. The van der Waals surface area contributed by atoms with Gasteiger partial charge in [0.05, 0.1) is 13.2 Å². The smallest absolute Gasteiger partial charge is 0.115 e. The van der Waals surface area contributed by atoms with Crippen LogP contribution in [0.5, 0.6) is 5.75 Å². The van der Waals surface area contributed by atoms with Gasteiger partial charge in [-0.25, -0.2) is 0 Å². The Balaban J connectivity index is 1.27. The van der Waals surface area contributed by atoms with Crippen LogP contribution in [0.4, 0.5) is 0 Å². The number of aromatic hydroxyl groups is 1. The number of fused-ring (bicyclic) bond motifs is 5. The van der Waals surface area contributed by atoms with Crippen molar-refractivity contribution < 1.29 is 9.84 Å². The van der Waals surface area contributed by atoms with Crippen LogP contribution < -0.4 is 5.32 Å². The Bertz CT molecular complexity index is 783. The SMILES string of the molecule is C[C@@H]1Cc2cc(O)ccc2[C@H]2CC[C@]3(C)C(=CCOCCNC4CC4)CC[C@H]3[C@H]12. The fourth-order valence-electron chi connectivity index (χ4n) is 7.01. The topological polar surface area (TPSA) is 41.5 Å². The molecular weight excluding hydrogens is 358 g/mol. The summed E-state index contributed by atoms with van der Waals surface area (Å²) in [5.41, 5.74) is 4.94. The minimum Gasteiger partial charge on any atom is -0.508 e. The Labute approximate surface area is 175 Å². The van der Waals surface area contributed by atoms with Crippen molar-refractivity contribution in [3.63, 3.8) is 0 Å². The summed E-state index contributed by atoms with van der Waals surface area (Å²) in [6.45, 7) is 7.58. The lowest BCUT2D eigenvalue weighted by Gasteiger charge is -2.52. The fraction of sp³-hybridized carbons (Fsp3) is 0.692. The maximum Gasteiger partial charge on any atom is 0.115 e. The lowest BCUT2D eigenvalue weighted by Crippen LogP contribution is -2.43. The number of allylic oxidation sites excluding steroid dienone is 1. The van der Waals surface area contributed by atoms with Gasteiger partial charge < -0.3 is 15.2 Å². The third-order valence-corrected chi connectivity index (χ3v) is 8.61. The first-order chi connectivity index (χ1) is 14.1. The third-order valence-electron chi connectivity index (χ3n) is 8.61. The zero-order chi connectivity index (χ0) is 20.0. The van der Waals surface area contributed by atoms with Crippen molar-refractivity contribution in [1.29, 1.82) is 0 Å². The largest absolute Gasteiger partial charge is 0.508 e. The first-order valence-electron chi connectivity index (χ1n) is 11.9. The van der Waals surface area contributed by atoms with Gasteiger partial charge in [0.15, 0.2) is 0 Å². The van der Waals surface area contributed by atoms with Crippen LogP contribution in [-0.4, -0.2) is 30.9 Å². The molecule has 0 aromatic heterocycles. The van der Waals surface area contributed by atoms with Crippen molar-refractivity contribution in [2.75, 3.05) is 19.8 Å². The van der Waals surface area contributed by atoms with E-state index < -0.39 is 0 Å². The maximum absolute atomic E-state index is 9.94. The van der Waals surface area contributed by atoms with E-state index in [1.807, 2.05) is 12.1 Å². The molecule has 3 nitrogen and oxygen atoms in total. The molecule has 5 atom stereocenters. The third kappa shape index (κ3) is 3.65. The Kier molecular flexibility index (Phi) is 5.24. The lowest BCUT2D eigenvalue weighted by atomic mass is 9.52. The molecule has 0 unspecified atom stereocenters. The number of benzene rings is 1. The van der Waals surface area contributed by atoms with Gasteiger partial charge >= 0.3 is 0 Å². The van der Waals surface area contributed by atoms with Gasteiger partial charge in [0, 0.05) is 12.6 Å². The molecule has 0 spiro atoms. The van der Waals surface area contributed by atoms with Crippen molar-refractivity contribution in [2.24, 2.45) is 23.2 Å². The molecule has 29 heavy (non-hydrogen) atoms. The molecule has 0 bridgehead atoms. The summed E-state index contributed by atoms with van der Waals surface area (Å²) in [5.74, 6) is 3.37. The van der Waals surface area contributed by atoms with Gasteiger partial charge in [-0.3, -0.25) is 0 Å². The zero-order valence-electron chi connectivity index (χ0n) is 18.1. The van der Waals surface area contributed by atoms with Crippen molar-refractivity contribution in [3.8, 4) is 5.75 Å². The Hall–Kier alpha value is -1.32. The van der Waals surface area contributed by atoms with Gasteiger partial charge in [-0.1, -0.05) is 31.6 Å². The van der Waals surface area contributed by atoms with E-state index in [2.05, 4.69) is 31.3 Å². The molecule has 0 radical (unpaired) electrons. The summed E-state index contributed by atoms with van der Waals surface area (Å²) in [4.78, 5) is 0. The number of hydrogen-bond donors (Lipinski definition) is 2. The van der Waals surface area contributed by atoms with E-state index in [1.165, 1.54) is 49.7 Å². The van der Waals surface area contributed by atoms with Gasteiger partial charge in [-0.15, -0.1) is 0 Å². The molecule has 0 heterocycles. The van der Waals surface area contributed by atoms with Crippen LogP contribution in [0.15, 0.2) is 29.8 Å². The second-order valence-corrected chi connectivity index (χ2v) is 10.4.